The van der Waals surface area contributed by atoms with E-state index >= 15 is 0 Å². The van der Waals surface area contributed by atoms with Crippen molar-refractivity contribution in [2.45, 2.75) is 64.5 Å². The summed E-state index contributed by atoms with van der Waals surface area (Å²) in [6.45, 7) is 11.8. The van der Waals surface area contributed by atoms with E-state index in [4.69, 9.17) is 23.3 Å². The lowest BCUT2D eigenvalue weighted by atomic mass is 9.94. The first-order valence-corrected chi connectivity index (χ1v) is 38.3. The number of ether oxygens (including phenoxy) is 2. The quantitative estimate of drug-likeness (QED) is 0.114. The number of rotatable bonds is 11. The molecule has 0 amide bonds. The van der Waals surface area contributed by atoms with Crippen LogP contribution in [0.1, 0.15) is 61.4 Å². The fraction of sp³-hybridized carbons (Fsp3) is 0.287. The van der Waals surface area contributed by atoms with Crippen LogP contribution in [0.2, 0.25) is 0 Å². The number of methoxy groups -OCH3 is 2. The van der Waals surface area contributed by atoms with E-state index in [9.17, 15) is 36.7 Å². The molecule has 115 heavy (non-hydrogen) atoms. The zero-order valence-electron chi connectivity index (χ0n) is 64.5. The average Bonchev–Trinajstić information content (AvgIpc) is 1.77. The van der Waals surface area contributed by atoms with E-state index in [0.717, 1.165) is 113 Å². The average molecular weight is 1560 g/mol. The minimum atomic E-state index is -0.500. The van der Waals surface area contributed by atoms with E-state index < -0.39 is 23.3 Å². The van der Waals surface area contributed by atoms with E-state index in [2.05, 4.69) is 88.4 Å². The first kappa shape index (κ1) is 76.5. The highest BCUT2D eigenvalue weighted by molar-refractivity contribution is 5.82. The van der Waals surface area contributed by atoms with Gasteiger partial charge in [-0.15, -0.1) is 0 Å². The van der Waals surface area contributed by atoms with Crippen molar-refractivity contribution in [2.24, 2.45) is 5.92 Å². The Kier molecular flexibility index (Phi) is 21.6. The van der Waals surface area contributed by atoms with Crippen LogP contribution in [0.3, 0.4) is 0 Å². The number of hydrogen-bond donors (Lipinski definition) is 2. The van der Waals surface area contributed by atoms with Gasteiger partial charge in [0.25, 0.3) is 22.2 Å². The van der Waals surface area contributed by atoms with Crippen molar-refractivity contribution in [3.8, 4) is 56.4 Å². The Hall–Kier alpha value is -12.5. The van der Waals surface area contributed by atoms with Crippen LogP contribution in [-0.2, 0) is 0 Å². The van der Waals surface area contributed by atoms with Gasteiger partial charge >= 0.3 is 0 Å². The summed E-state index contributed by atoms with van der Waals surface area (Å²) in [4.78, 5) is 86.5. The van der Waals surface area contributed by atoms with Crippen LogP contribution >= 0.6 is 0 Å². The van der Waals surface area contributed by atoms with Crippen molar-refractivity contribution in [1.82, 2.24) is 67.9 Å². The Labute approximate surface area is 656 Å². The molecule has 0 aliphatic carbocycles. The number of likely N-dealkylation sites (N-methyl/N-ethyl adjacent to an activating group) is 1. The van der Waals surface area contributed by atoms with Crippen molar-refractivity contribution in [2.75, 3.05) is 104 Å². The van der Waals surface area contributed by atoms with Gasteiger partial charge in [0.2, 0.25) is 0 Å². The summed E-state index contributed by atoms with van der Waals surface area (Å²) in [6, 6.07) is 37.4. The Morgan fingerprint density at radius 2 is 0.974 bits per heavy atom. The minimum absolute atomic E-state index is 0.143. The number of benzene rings is 4. The molecule has 24 nitrogen and oxygen atoms in total. The molecule has 0 radical (unpaired) electrons. The molecule has 3 fully saturated rings. The minimum Gasteiger partial charge on any atom is -0.494 e. The third kappa shape index (κ3) is 16.3. The van der Waals surface area contributed by atoms with Gasteiger partial charge in [0.1, 0.15) is 39.4 Å². The largest absolute Gasteiger partial charge is 0.494 e. The van der Waals surface area contributed by atoms with E-state index in [-0.39, 0.29) is 44.8 Å². The van der Waals surface area contributed by atoms with Gasteiger partial charge in [-0.3, -0.25) is 36.8 Å². The smallest absolute Gasteiger partial charge is 0.259 e. The zero-order chi connectivity index (χ0) is 79.9. The summed E-state index contributed by atoms with van der Waals surface area (Å²) >= 11 is 0. The number of pyridine rings is 4. The maximum absolute atomic E-state index is 14.4. The van der Waals surface area contributed by atoms with Crippen molar-refractivity contribution in [3.05, 3.63) is 258 Å². The molecule has 3 saturated heterocycles. The van der Waals surface area contributed by atoms with Crippen LogP contribution in [0.4, 0.5) is 29.1 Å². The molecule has 0 unspecified atom stereocenters. The standard InChI is InChI=1S/C22H19FN4O2.C22H23FN4O2.C22H25FN4O2.C21H17FN4O2/c1-13-24-22-17(23)9-16(10-19(22)29-13)18-11-21(28)27-12-15(3-4-20(27)25-18)14-5-7-26(2)8-6-14;1-29-20-6-4-14(9-17(20)23)18-10-22(28)27-12-16(5-7-21(27)25-18)26-11-15-3-2-8-24-19(15)13-26;1-25(2)17-8-10-26(11-9-17)21-13-22(28)27-14-16(5-7-20(27)24-21)15-4-6-19(29-3)18(23)12-15;1-12-24-21-16(22)8-15(9-18(21)28-12)17-10-20(27)26-11-14(2-3-19(26)25-17)13-4-6-23-7-5-13/h3-5,9-12H,6-8H2,1-2H3;4-7,9-10,12,15,19,24H,2-3,8,11,13H2,1H3;4-7,12-14,17H,8-11H2,1-3H3;2-4,8-11,23H,5-7H2,1H3/t;15-,19+;;/m.1../s1. The number of aryl methyl sites for hydroxylation is 2. The van der Waals surface area contributed by atoms with E-state index in [1.54, 1.807) is 66.9 Å². The third-order valence-corrected chi connectivity index (χ3v) is 21.9. The van der Waals surface area contributed by atoms with Gasteiger partial charge in [0, 0.05) is 137 Å². The lowest BCUT2D eigenvalue weighted by Gasteiger charge is -2.35. The second kappa shape index (κ2) is 32.5. The van der Waals surface area contributed by atoms with Crippen LogP contribution < -0.4 is 52.1 Å². The summed E-state index contributed by atoms with van der Waals surface area (Å²) in [6.07, 6.45) is 18.0. The fourth-order valence-electron chi connectivity index (χ4n) is 15.7. The molecular weight excluding hydrogens is 1470 g/mol. The van der Waals surface area contributed by atoms with Gasteiger partial charge in [-0.25, -0.2) is 47.5 Å². The Morgan fingerprint density at radius 1 is 0.478 bits per heavy atom. The molecule has 10 aromatic heterocycles. The summed E-state index contributed by atoms with van der Waals surface area (Å²) < 4.78 is 83.8. The molecule has 14 aromatic rings. The maximum atomic E-state index is 14.4. The predicted octanol–water partition coefficient (Wildman–Crippen LogP) is 12.7. The highest BCUT2D eigenvalue weighted by Gasteiger charge is 2.35. The monoisotopic (exact) mass is 1560 g/mol. The van der Waals surface area contributed by atoms with Crippen LogP contribution in [0.15, 0.2) is 198 Å². The van der Waals surface area contributed by atoms with Crippen molar-refractivity contribution < 1.29 is 35.9 Å². The first-order valence-electron chi connectivity index (χ1n) is 38.3. The van der Waals surface area contributed by atoms with Gasteiger partial charge in [0.05, 0.1) is 37.0 Å². The predicted molar refractivity (Wildman–Crippen MR) is 436 cm³/mol. The molecule has 2 N–H and O–H groups in total. The van der Waals surface area contributed by atoms with Gasteiger partial charge in [-0.1, -0.05) is 18.2 Å². The summed E-state index contributed by atoms with van der Waals surface area (Å²) in [5.74, 6) is 0.597. The number of nitrogens with one attached hydrogen (secondary N) is 2. The van der Waals surface area contributed by atoms with Crippen molar-refractivity contribution >= 4 is 67.4 Å². The van der Waals surface area contributed by atoms with Crippen LogP contribution in [0.25, 0.3) is 101 Å². The number of aromatic nitrogens is 10. The molecule has 2 atom stereocenters. The Bertz CT molecular complexity index is 6410. The van der Waals surface area contributed by atoms with Gasteiger partial charge < -0.3 is 48.5 Å². The Morgan fingerprint density at radius 3 is 1.50 bits per heavy atom. The van der Waals surface area contributed by atoms with E-state index in [1.807, 2.05) is 61.1 Å². The summed E-state index contributed by atoms with van der Waals surface area (Å²) in [5, 5.41) is 6.88. The second-order valence-electron chi connectivity index (χ2n) is 29.7. The molecule has 4 aromatic carbocycles. The molecule has 588 valence electrons. The molecule has 5 aliphatic rings. The van der Waals surface area contributed by atoms with Crippen LogP contribution in [-0.4, -0.2) is 164 Å². The maximum Gasteiger partial charge on any atom is 0.259 e. The lowest BCUT2D eigenvalue weighted by Crippen LogP contribution is -2.42. The number of nitrogens with zero attached hydrogens (tertiary/aromatic N) is 14. The third-order valence-electron chi connectivity index (χ3n) is 21.9. The Balaban J connectivity index is 0.000000115. The molecule has 15 heterocycles. The lowest BCUT2D eigenvalue weighted by molar-refractivity contribution is 0.249. The molecule has 19 rings (SSSR count). The van der Waals surface area contributed by atoms with E-state index in [0.29, 0.717) is 103 Å². The normalized spacial score (nSPS) is 16.6. The van der Waals surface area contributed by atoms with Gasteiger partial charge in [-0.05, 0) is 215 Å². The summed E-state index contributed by atoms with van der Waals surface area (Å²) in [5.41, 5.74) is 12.1. The summed E-state index contributed by atoms with van der Waals surface area (Å²) in [7, 11) is 9.14. The fourth-order valence-corrected chi connectivity index (χ4v) is 15.7. The number of anilines is 2. The first-order chi connectivity index (χ1) is 55.6. The number of fused-ring (bicyclic) bond motifs is 7. The molecule has 28 heteroatoms. The molecular formula is C87H84F4N16O8. The van der Waals surface area contributed by atoms with Gasteiger partial charge in [0.15, 0.2) is 57.7 Å². The van der Waals surface area contributed by atoms with Crippen LogP contribution in [0, 0.1) is 43.0 Å². The molecule has 0 bridgehead atoms. The highest BCUT2D eigenvalue weighted by Crippen LogP contribution is 2.34. The number of hydrogen-bond acceptors (Lipinski definition) is 20. The van der Waals surface area contributed by atoms with E-state index in [1.165, 1.54) is 99.9 Å². The highest BCUT2D eigenvalue weighted by atomic mass is 19.1. The second-order valence-corrected chi connectivity index (χ2v) is 29.7. The van der Waals surface area contributed by atoms with Crippen molar-refractivity contribution in [1.29, 1.82) is 0 Å². The number of piperidine rings is 2. The SMILES string of the molecule is COc1ccc(-c2cc(=O)n3cc(N4C[C@H]5CCCN[C@H]5C4)ccc3n2)cc1F.COc1ccc(-c2ccc3nc(N4CCC(N(C)C)CC4)cc(=O)n3c2)cc1F.Cc1nc2c(F)cc(-c3cc(=O)n4cc(C5=CCN(C)CC5)ccc4n3)cc2o1.Cc1nc2c(F)cc(-c3cc(=O)n4cc(C5=CCNCC5)ccc4n3)cc2o1. The topological polar surface area (TPSA) is 245 Å². The van der Waals surface area contributed by atoms with Crippen LogP contribution in [0.5, 0.6) is 11.5 Å². The van der Waals surface area contributed by atoms with Crippen molar-refractivity contribution in [3.63, 3.8) is 0 Å². The molecule has 0 saturated carbocycles. The molecule has 5 aliphatic heterocycles. The molecule has 0 spiro atoms. The number of halogens is 4. The zero-order valence-corrected chi connectivity index (χ0v) is 64.5. The number of oxazole rings is 2. The van der Waals surface area contributed by atoms with Gasteiger partial charge in [-0.2, -0.15) is 0 Å².